The van der Waals surface area contributed by atoms with Crippen LogP contribution in [0.25, 0.3) is 0 Å². The van der Waals surface area contributed by atoms with Gasteiger partial charge in [0.2, 0.25) is 0 Å². The van der Waals surface area contributed by atoms with Crippen LogP contribution in [0.1, 0.15) is 78.1 Å². The zero-order chi connectivity index (χ0) is 15.1. The van der Waals surface area contributed by atoms with Crippen molar-refractivity contribution in [1.82, 2.24) is 10.2 Å². The fraction of sp³-hybridized carbons (Fsp3) is 1.00. The van der Waals surface area contributed by atoms with Crippen molar-refractivity contribution in [3.63, 3.8) is 0 Å². The molecule has 21 heavy (non-hydrogen) atoms. The van der Waals surface area contributed by atoms with Crippen molar-refractivity contribution < 1.29 is 5.11 Å². The number of nitrogens with zero attached hydrogens (tertiary/aromatic N) is 1. The molecule has 3 heteroatoms. The lowest BCUT2D eigenvalue weighted by molar-refractivity contribution is 0.0207. The van der Waals surface area contributed by atoms with Crippen LogP contribution in [0.5, 0.6) is 0 Å². The summed E-state index contributed by atoms with van der Waals surface area (Å²) in [6, 6.07) is 1.49. The number of likely N-dealkylation sites (tertiary alicyclic amines) is 1. The molecule has 2 aliphatic rings. The Labute approximate surface area is 131 Å². The lowest BCUT2D eigenvalue weighted by Crippen LogP contribution is -2.58. The second-order valence-electron chi connectivity index (χ2n) is 7.29. The zero-order valence-electron chi connectivity index (χ0n) is 14.2. The van der Waals surface area contributed by atoms with Gasteiger partial charge < -0.3 is 10.4 Å². The van der Waals surface area contributed by atoms with Gasteiger partial charge in [-0.25, -0.2) is 0 Å². The van der Waals surface area contributed by atoms with Crippen molar-refractivity contribution in [1.29, 1.82) is 0 Å². The van der Waals surface area contributed by atoms with Gasteiger partial charge in [-0.3, -0.25) is 4.90 Å². The second kappa shape index (κ2) is 8.50. The van der Waals surface area contributed by atoms with Crippen molar-refractivity contribution in [2.45, 2.75) is 95.7 Å². The molecule has 0 radical (unpaired) electrons. The van der Waals surface area contributed by atoms with Crippen molar-refractivity contribution in [3.05, 3.63) is 0 Å². The van der Waals surface area contributed by atoms with E-state index in [-0.39, 0.29) is 5.54 Å². The van der Waals surface area contributed by atoms with Crippen LogP contribution in [0.2, 0.25) is 0 Å². The van der Waals surface area contributed by atoms with E-state index >= 15 is 0 Å². The summed E-state index contributed by atoms with van der Waals surface area (Å²) in [5, 5.41) is 13.6. The van der Waals surface area contributed by atoms with E-state index in [0.717, 1.165) is 31.8 Å². The van der Waals surface area contributed by atoms with Crippen molar-refractivity contribution in [2.75, 3.05) is 19.7 Å². The fourth-order valence-corrected chi connectivity index (χ4v) is 4.51. The molecule has 0 aromatic carbocycles. The molecule has 2 N–H and O–H groups in total. The first-order chi connectivity index (χ1) is 10.2. The first kappa shape index (κ1) is 17.2. The first-order valence-electron chi connectivity index (χ1n) is 9.36. The highest BCUT2D eigenvalue weighted by molar-refractivity contribution is 4.98. The second-order valence-corrected chi connectivity index (χ2v) is 7.29. The Morgan fingerprint density at radius 2 is 2.00 bits per heavy atom. The van der Waals surface area contributed by atoms with E-state index in [1.807, 2.05) is 0 Å². The maximum Gasteiger partial charge on any atom is 0.0613 e. The largest absolute Gasteiger partial charge is 0.394 e. The summed E-state index contributed by atoms with van der Waals surface area (Å²) in [7, 11) is 0. The molecule has 1 heterocycles. The van der Waals surface area contributed by atoms with E-state index in [0.29, 0.717) is 12.6 Å². The highest BCUT2D eigenvalue weighted by Crippen LogP contribution is 2.35. The Morgan fingerprint density at radius 3 is 2.71 bits per heavy atom. The number of aliphatic hydroxyl groups is 1. The molecule has 0 bridgehead atoms. The predicted octanol–water partition coefficient (Wildman–Crippen LogP) is 3.31. The van der Waals surface area contributed by atoms with Gasteiger partial charge in [-0.15, -0.1) is 0 Å². The minimum atomic E-state index is -0.00681. The van der Waals surface area contributed by atoms with Crippen LogP contribution in [0.4, 0.5) is 0 Å². The van der Waals surface area contributed by atoms with Gasteiger partial charge in [-0.05, 0) is 64.5 Å². The minimum absolute atomic E-state index is 0.00681. The molecule has 3 atom stereocenters. The molecule has 2 rings (SSSR count). The first-order valence-corrected chi connectivity index (χ1v) is 9.36. The Morgan fingerprint density at radius 1 is 1.14 bits per heavy atom. The summed E-state index contributed by atoms with van der Waals surface area (Å²) in [5.74, 6) is 0. The Bertz CT molecular complexity index is 295. The number of rotatable bonds is 7. The summed E-state index contributed by atoms with van der Waals surface area (Å²) >= 11 is 0. The Hall–Kier alpha value is -0.120. The number of nitrogens with one attached hydrogen (secondary N) is 1. The number of aliphatic hydroxyl groups excluding tert-OH is 1. The standard InChI is InChI=1S/C18H36N2O/c1-3-8-16-9-5-6-13-20(16)17-10-7-11-18(14-17,15-21)19-12-4-2/h16-17,19,21H,3-15H2,1-2H3. The normalized spacial score (nSPS) is 35.0. The quantitative estimate of drug-likeness (QED) is 0.756. The minimum Gasteiger partial charge on any atom is -0.394 e. The molecule has 2 fully saturated rings. The third kappa shape index (κ3) is 4.43. The molecule has 3 nitrogen and oxygen atoms in total. The van der Waals surface area contributed by atoms with E-state index < -0.39 is 0 Å². The summed E-state index contributed by atoms with van der Waals surface area (Å²) < 4.78 is 0. The van der Waals surface area contributed by atoms with Gasteiger partial charge in [-0.2, -0.15) is 0 Å². The predicted molar refractivity (Wildman–Crippen MR) is 89.6 cm³/mol. The van der Waals surface area contributed by atoms with Crippen LogP contribution < -0.4 is 5.32 Å². The SMILES string of the molecule is CCCNC1(CO)CCCC(N2CCCCC2CCC)C1. The monoisotopic (exact) mass is 296 g/mol. The summed E-state index contributed by atoms with van der Waals surface area (Å²) in [4.78, 5) is 2.81. The van der Waals surface area contributed by atoms with Gasteiger partial charge in [0, 0.05) is 17.6 Å². The van der Waals surface area contributed by atoms with Gasteiger partial charge in [0.15, 0.2) is 0 Å². The van der Waals surface area contributed by atoms with Crippen LogP contribution in [0.3, 0.4) is 0 Å². The number of piperidine rings is 1. The van der Waals surface area contributed by atoms with Crippen LogP contribution in [-0.4, -0.2) is 47.3 Å². The molecule has 1 aliphatic heterocycles. The number of hydrogen-bond acceptors (Lipinski definition) is 3. The summed E-state index contributed by atoms with van der Waals surface area (Å²) in [5.41, 5.74) is -0.00681. The maximum absolute atomic E-state index is 9.97. The van der Waals surface area contributed by atoms with E-state index in [1.54, 1.807) is 0 Å². The van der Waals surface area contributed by atoms with E-state index in [1.165, 1.54) is 51.5 Å². The van der Waals surface area contributed by atoms with Gasteiger partial charge in [-0.1, -0.05) is 26.7 Å². The Balaban J connectivity index is 2.00. The molecule has 0 spiro atoms. The number of hydrogen-bond donors (Lipinski definition) is 2. The smallest absolute Gasteiger partial charge is 0.0613 e. The molecular weight excluding hydrogens is 260 g/mol. The lowest BCUT2D eigenvalue weighted by Gasteiger charge is -2.48. The topological polar surface area (TPSA) is 35.5 Å². The average molecular weight is 296 g/mol. The molecule has 1 aliphatic carbocycles. The van der Waals surface area contributed by atoms with Gasteiger partial charge in [0.25, 0.3) is 0 Å². The molecule has 124 valence electrons. The summed E-state index contributed by atoms with van der Waals surface area (Å²) in [6.45, 7) is 7.14. The highest BCUT2D eigenvalue weighted by atomic mass is 16.3. The van der Waals surface area contributed by atoms with Crippen LogP contribution in [-0.2, 0) is 0 Å². The average Bonchev–Trinajstić information content (AvgIpc) is 2.54. The third-order valence-electron chi connectivity index (χ3n) is 5.64. The zero-order valence-corrected chi connectivity index (χ0v) is 14.2. The van der Waals surface area contributed by atoms with Gasteiger partial charge in [0.05, 0.1) is 6.61 Å². The van der Waals surface area contributed by atoms with Crippen LogP contribution in [0.15, 0.2) is 0 Å². The van der Waals surface area contributed by atoms with Crippen molar-refractivity contribution in [2.24, 2.45) is 0 Å². The van der Waals surface area contributed by atoms with Crippen molar-refractivity contribution >= 4 is 0 Å². The molecule has 0 aromatic heterocycles. The highest BCUT2D eigenvalue weighted by Gasteiger charge is 2.39. The van der Waals surface area contributed by atoms with Crippen LogP contribution in [0, 0.1) is 0 Å². The van der Waals surface area contributed by atoms with E-state index in [9.17, 15) is 5.11 Å². The molecule has 0 aromatic rings. The fourth-order valence-electron chi connectivity index (χ4n) is 4.51. The molecule has 3 unspecified atom stereocenters. The van der Waals surface area contributed by atoms with Gasteiger partial charge >= 0.3 is 0 Å². The van der Waals surface area contributed by atoms with E-state index in [2.05, 4.69) is 24.1 Å². The van der Waals surface area contributed by atoms with Gasteiger partial charge in [0.1, 0.15) is 0 Å². The molecular formula is C18H36N2O. The third-order valence-corrected chi connectivity index (χ3v) is 5.64. The van der Waals surface area contributed by atoms with Crippen molar-refractivity contribution in [3.8, 4) is 0 Å². The Kier molecular flexibility index (Phi) is 6.97. The maximum atomic E-state index is 9.97. The molecule has 1 saturated heterocycles. The summed E-state index contributed by atoms with van der Waals surface area (Å²) in [6.07, 6.45) is 12.8. The molecule has 1 saturated carbocycles. The lowest BCUT2D eigenvalue weighted by atomic mass is 9.77. The van der Waals surface area contributed by atoms with Crippen LogP contribution >= 0.6 is 0 Å². The van der Waals surface area contributed by atoms with E-state index in [4.69, 9.17) is 0 Å². The molecule has 0 amide bonds.